The van der Waals surface area contributed by atoms with E-state index in [0.29, 0.717) is 13.0 Å². The maximum Gasteiger partial charge on any atom is 0.221 e. The predicted molar refractivity (Wildman–Crippen MR) is 80.4 cm³/mol. The summed E-state index contributed by atoms with van der Waals surface area (Å²) in [5.41, 5.74) is 2.57. The quantitative estimate of drug-likeness (QED) is 0.791. The highest BCUT2D eigenvalue weighted by Crippen LogP contribution is 2.22. The molecule has 1 amide bonds. The number of carbonyl (C=O) groups excluding carboxylic acids is 1. The Hall–Kier alpha value is -1.35. The van der Waals surface area contributed by atoms with Crippen molar-refractivity contribution in [2.75, 3.05) is 20.1 Å². The SMILES string of the molecule is CCc1ccc(C(C)(C)CNC(=O)CCNC)cc1. The summed E-state index contributed by atoms with van der Waals surface area (Å²) in [6, 6.07) is 8.66. The van der Waals surface area contributed by atoms with E-state index in [9.17, 15) is 4.79 Å². The van der Waals surface area contributed by atoms with Gasteiger partial charge in [0.25, 0.3) is 0 Å². The average Bonchev–Trinajstić information content (AvgIpc) is 2.43. The van der Waals surface area contributed by atoms with E-state index in [1.54, 1.807) is 0 Å². The summed E-state index contributed by atoms with van der Waals surface area (Å²) in [5.74, 6) is 0.104. The van der Waals surface area contributed by atoms with E-state index in [4.69, 9.17) is 0 Å². The molecule has 0 saturated heterocycles. The van der Waals surface area contributed by atoms with Crippen LogP contribution in [0.25, 0.3) is 0 Å². The zero-order valence-corrected chi connectivity index (χ0v) is 12.5. The van der Waals surface area contributed by atoms with Gasteiger partial charge in [0, 0.05) is 24.9 Å². The normalized spacial score (nSPS) is 11.4. The molecule has 106 valence electrons. The van der Waals surface area contributed by atoms with Crippen LogP contribution in [0.4, 0.5) is 0 Å². The van der Waals surface area contributed by atoms with Crippen molar-refractivity contribution in [2.24, 2.45) is 0 Å². The number of benzene rings is 1. The molecule has 0 bridgehead atoms. The molecule has 0 aliphatic carbocycles. The van der Waals surface area contributed by atoms with Crippen molar-refractivity contribution in [1.29, 1.82) is 0 Å². The number of hydrogen-bond donors (Lipinski definition) is 2. The number of hydrogen-bond acceptors (Lipinski definition) is 2. The van der Waals surface area contributed by atoms with E-state index in [1.807, 2.05) is 7.05 Å². The van der Waals surface area contributed by atoms with Gasteiger partial charge < -0.3 is 10.6 Å². The third-order valence-electron chi connectivity index (χ3n) is 3.47. The van der Waals surface area contributed by atoms with E-state index >= 15 is 0 Å². The Balaban J connectivity index is 2.56. The molecule has 0 heterocycles. The van der Waals surface area contributed by atoms with E-state index < -0.39 is 0 Å². The monoisotopic (exact) mass is 262 g/mol. The lowest BCUT2D eigenvalue weighted by Crippen LogP contribution is -2.37. The summed E-state index contributed by atoms with van der Waals surface area (Å²) < 4.78 is 0. The van der Waals surface area contributed by atoms with E-state index in [1.165, 1.54) is 11.1 Å². The fourth-order valence-electron chi connectivity index (χ4n) is 1.94. The Bertz CT molecular complexity index is 396. The Morgan fingerprint density at radius 3 is 2.37 bits per heavy atom. The average molecular weight is 262 g/mol. The van der Waals surface area contributed by atoms with Gasteiger partial charge in [-0.1, -0.05) is 45.0 Å². The summed E-state index contributed by atoms with van der Waals surface area (Å²) >= 11 is 0. The second kappa shape index (κ2) is 7.29. The Morgan fingerprint density at radius 2 is 1.84 bits per heavy atom. The van der Waals surface area contributed by atoms with Gasteiger partial charge in [-0.25, -0.2) is 0 Å². The van der Waals surface area contributed by atoms with Crippen molar-refractivity contribution < 1.29 is 4.79 Å². The van der Waals surface area contributed by atoms with Gasteiger partial charge in [-0.2, -0.15) is 0 Å². The second-order valence-electron chi connectivity index (χ2n) is 5.56. The number of aryl methyl sites for hydroxylation is 1. The number of amides is 1. The Morgan fingerprint density at radius 1 is 1.21 bits per heavy atom. The first-order valence-corrected chi connectivity index (χ1v) is 7.00. The molecule has 2 N–H and O–H groups in total. The molecule has 0 aromatic heterocycles. The minimum absolute atomic E-state index is 0.0401. The summed E-state index contributed by atoms with van der Waals surface area (Å²) in [7, 11) is 1.85. The third-order valence-corrected chi connectivity index (χ3v) is 3.47. The van der Waals surface area contributed by atoms with Crippen molar-refractivity contribution >= 4 is 5.91 Å². The lowest BCUT2D eigenvalue weighted by molar-refractivity contribution is -0.121. The molecular weight excluding hydrogens is 236 g/mol. The zero-order valence-electron chi connectivity index (χ0n) is 12.5. The first kappa shape index (κ1) is 15.7. The molecule has 1 rings (SSSR count). The van der Waals surface area contributed by atoms with E-state index in [0.717, 1.165) is 13.0 Å². The lowest BCUT2D eigenvalue weighted by atomic mass is 9.84. The van der Waals surface area contributed by atoms with Gasteiger partial charge in [-0.05, 0) is 24.6 Å². The number of rotatable bonds is 7. The molecule has 1 aromatic carbocycles. The summed E-state index contributed by atoms with van der Waals surface area (Å²) in [6.07, 6.45) is 1.59. The first-order valence-electron chi connectivity index (χ1n) is 7.00. The minimum atomic E-state index is -0.0401. The Labute approximate surface area is 116 Å². The van der Waals surface area contributed by atoms with E-state index in [-0.39, 0.29) is 11.3 Å². The van der Waals surface area contributed by atoms with Crippen LogP contribution in [0, 0.1) is 0 Å². The predicted octanol–water partition coefficient (Wildman–Crippen LogP) is 2.25. The van der Waals surface area contributed by atoms with Crippen molar-refractivity contribution in [1.82, 2.24) is 10.6 Å². The lowest BCUT2D eigenvalue weighted by Gasteiger charge is -2.26. The van der Waals surface area contributed by atoms with Crippen LogP contribution >= 0.6 is 0 Å². The van der Waals surface area contributed by atoms with Gasteiger partial charge in [0.05, 0.1) is 0 Å². The highest BCUT2D eigenvalue weighted by Gasteiger charge is 2.21. The standard InChI is InChI=1S/C16H26N2O/c1-5-13-6-8-14(9-7-13)16(2,3)12-18-15(19)10-11-17-4/h6-9,17H,5,10-12H2,1-4H3,(H,18,19). The minimum Gasteiger partial charge on any atom is -0.355 e. The largest absolute Gasteiger partial charge is 0.355 e. The van der Waals surface area contributed by atoms with Crippen LogP contribution in [0.2, 0.25) is 0 Å². The summed E-state index contributed by atoms with van der Waals surface area (Å²) in [5, 5.41) is 5.99. The van der Waals surface area contributed by atoms with Gasteiger partial charge in [0.15, 0.2) is 0 Å². The first-order chi connectivity index (χ1) is 8.99. The fraction of sp³-hybridized carbons (Fsp3) is 0.562. The third kappa shape index (κ3) is 5.03. The summed E-state index contributed by atoms with van der Waals surface area (Å²) in [6.45, 7) is 7.86. The van der Waals surface area contributed by atoms with Crippen LogP contribution in [-0.4, -0.2) is 26.0 Å². The molecule has 0 spiro atoms. The topological polar surface area (TPSA) is 41.1 Å². The van der Waals surface area contributed by atoms with Crippen molar-refractivity contribution in [3.05, 3.63) is 35.4 Å². The van der Waals surface area contributed by atoms with Crippen LogP contribution < -0.4 is 10.6 Å². The molecule has 3 nitrogen and oxygen atoms in total. The van der Waals surface area contributed by atoms with Crippen molar-refractivity contribution in [3.63, 3.8) is 0 Å². The molecule has 0 atom stereocenters. The molecule has 0 unspecified atom stereocenters. The van der Waals surface area contributed by atoms with Crippen LogP contribution in [0.3, 0.4) is 0 Å². The number of carbonyl (C=O) groups is 1. The van der Waals surface area contributed by atoms with Gasteiger partial charge in [-0.15, -0.1) is 0 Å². The molecule has 0 fully saturated rings. The van der Waals surface area contributed by atoms with Gasteiger partial charge in [-0.3, -0.25) is 4.79 Å². The number of nitrogens with one attached hydrogen (secondary N) is 2. The van der Waals surface area contributed by atoms with Gasteiger partial charge >= 0.3 is 0 Å². The van der Waals surface area contributed by atoms with Crippen molar-refractivity contribution in [2.45, 2.75) is 39.0 Å². The van der Waals surface area contributed by atoms with Gasteiger partial charge in [0.2, 0.25) is 5.91 Å². The molecule has 0 saturated carbocycles. The van der Waals surface area contributed by atoms with Crippen LogP contribution in [-0.2, 0) is 16.6 Å². The van der Waals surface area contributed by atoms with Crippen LogP contribution in [0.15, 0.2) is 24.3 Å². The molecule has 0 radical (unpaired) electrons. The van der Waals surface area contributed by atoms with Gasteiger partial charge in [0.1, 0.15) is 0 Å². The summed E-state index contributed by atoms with van der Waals surface area (Å²) in [4.78, 5) is 11.6. The fourth-order valence-corrected chi connectivity index (χ4v) is 1.94. The second-order valence-corrected chi connectivity index (χ2v) is 5.56. The van der Waals surface area contributed by atoms with Crippen LogP contribution in [0.1, 0.15) is 38.3 Å². The van der Waals surface area contributed by atoms with Crippen LogP contribution in [0.5, 0.6) is 0 Å². The zero-order chi connectivity index (χ0) is 14.3. The molecule has 1 aromatic rings. The maximum atomic E-state index is 11.6. The Kier molecular flexibility index (Phi) is 6.03. The molecule has 0 aliphatic rings. The molecule has 0 aliphatic heterocycles. The maximum absolute atomic E-state index is 11.6. The highest BCUT2D eigenvalue weighted by molar-refractivity contribution is 5.76. The molecule has 3 heteroatoms. The molecule has 19 heavy (non-hydrogen) atoms. The highest BCUT2D eigenvalue weighted by atomic mass is 16.1. The molecular formula is C16H26N2O. The smallest absolute Gasteiger partial charge is 0.221 e. The van der Waals surface area contributed by atoms with Crippen molar-refractivity contribution in [3.8, 4) is 0 Å². The van der Waals surface area contributed by atoms with E-state index in [2.05, 4.69) is 55.7 Å².